The largest absolute Gasteiger partial charge is 0.392 e. The molecule has 2 unspecified atom stereocenters. The summed E-state index contributed by atoms with van der Waals surface area (Å²) in [6.07, 6.45) is 4.22. The molecule has 0 aliphatic rings. The predicted molar refractivity (Wildman–Crippen MR) is 67.1 cm³/mol. The van der Waals surface area contributed by atoms with Crippen molar-refractivity contribution in [2.45, 2.75) is 72.4 Å². The van der Waals surface area contributed by atoms with E-state index in [2.05, 4.69) is 39.9 Å². The van der Waals surface area contributed by atoms with Crippen LogP contribution in [-0.2, 0) is 0 Å². The second-order valence-corrected chi connectivity index (χ2v) is 5.72. The van der Waals surface area contributed by atoms with Crippen LogP contribution in [0.15, 0.2) is 0 Å². The molecule has 0 aromatic carbocycles. The van der Waals surface area contributed by atoms with Crippen molar-refractivity contribution in [3.63, 3.8) is 0 Å². The van der Waals surface area contributed by atoms with Gasteiger partial charge in [-0.05, 0) is 24.7 Å². The van der Waals surface area contributed by atoms with Crippen molar-refractivity contribution in [3.05, 3.63) is 0 Å². The Labute approximate surface area is 95.5 Å². The van der Waals surface area contributed by atoms with Crippen LogP contribution in [-0.4, -0.2) is 23.8 Å². The minimum atomic E-state index is -0.212. The normalized spacial score (nSPS) is 16.4. The Hall–Kier alpha value is -0.0800. The summed E-state index contributed by atoms with van der Waals surface area (Å²) >= 11 is 0. The molecular weight excluding hydrogens is 186 g/mol. The zero-order valence-electron chi connectivity index (χ0n) is 11.1. The molecule has 0 saturated carbocycles. The summed E-state index contributed by atoms with van der Waals surface area (Å²) in [6, 6.07) is 0.574. The minimum absolute atomic E-state index is 0.212. The van der Waals surface area contributed by atoms with Crippen LogP contribution in [0, 0.1) is 5.41 Å². The van der Waals surface area contributed by atoms with Gasteiger partial charge in [0.2, 0.25) is 0 Å². The molecule has 2 N–H and O–H groups in total. The monoisotopic (exact) mass is 215 g/mol. The first-order valence-corrected chi connectivity index (χ1v) is 6.30. The summed E-state index contributed by atoms with van der Waals surface area (Å²) in [5.74, 6) is 0. The van der Waals surface area contributed by atoms with Gasteiger partial charge in [0, 0.05) is 12.6 Å². The fourth-order valence-corrected chi connectivity index (χ4v) is 1.88. The Bertz CT molecular complexity index is 151. The van der Waals surface area contributed by atoms with Gasteiger partial charge >= 0.3 is 0 Å². The molecule has 0 aliphatic carbocycles. The molecule has 2 atom stereocenters. The number of aliphatic hydroxyl groups is 1. The number of nitrogens with one attached hydrogen (secondary N) is 1. The molecule has 0 bridgehead atoms. The van der Waals surface area contributed by atoms with E-state index in [0.29, 0.717) is 6.04 Å². The van der Waals surface area contributed by atoms with Crippen molar-refractivity contribution in [2.24, 2.45) is 5.41 Å². The third-order valence-corrected chi connectivity index (χ3v) is 2.62. The number of hydrogen-bond acceptors (Lipinski definition) is 2. The second kappa shape index (κ2) is 7.24. The first kappa shape index (κ1) is 14.9. The van der Waals surface area contributed by atoms with Gasteiger partial charge in [-0.15, -0.1) is 0 Å². The molecule has 0 spiro atoms. The van der Waals surface area contributed by atoms with Gasteiger partial charge in [0.25, 0.3) is 0 Å². The first-order chi connectivity index (χ1) is 6.89. The van der Waals surface area contributed by atoms with Gasteiger partial charge in [0.15, 0.2) is 0 Å². The quantitative estimate of drug-likeness (QED) is 0.684. The van der Waals surface area contributed by atoms with Gasteiger partial charge in [0.1, 0.15) is 0 Å². The van der Waals surface area contributed by atoms with Gasteiger partial charge in [-0.2, -0.15) is 0 Å². The molecule has 0 rings (SSSR count). The van der Waals surface area contributed by atoms with Crippen molar-refractivity contribution in [3.8, 4) is 0 Å². The van der Waals surface area contributed by atoms with Crippen LogP contribution >= 0.6 is 0 Å². The van der Waals surface area contributed by atoms with E-state index in [9.17, 15) is 5.11 Å². The highest BCUT2D eigenvalue weighted by atomic mass is 16.3. The van der Waals surface area contributed by atoms with Crippen molar-refractivity contribution in [1.29, 1.82) is 0 Å². The Balaban J connectivity index is 3.73. The second-order valence-electron chi connectivity index (χ2n) is 5.72. The van der Waals surface area contributed by atoms with E-state index >= 15 is 0 Å². The van der Waals surface area contributed by atoms with Crippen LogP contribution in [0.1, 0.15) is 60.3 Å². The highest BCUT2D eigenvalue weighted by molar-refractivity contribution is 4.72. The minimum Gasteiger partial charge on any atom is -0.392 e. The van der Waals surface area contributed by atoms with Gasteiger partial charge in [0.05, 0.1) is 6.10 Å². The number of aliphatic hydroxyl groups excluding tert-OH is 1. The predicted octanol–water partition coefficient (Wildman–Crippen LogP) is 2.95. The lowest BCUT2D eigenvalue weighted by atomic mass is 9.89. The lowest BCUT2D eigenvalue weighted by molar-refractivity contribution is 0.116. The highest BCUT2D eigenvalue weighted by Crippen LogP contribution is 2.20. The maximum atomic E-state index is 9.83. The molecule has 0 radical (unpaired) electrons. The van der Waals surface area contributed by atoms with Crippen molar-refractivity contribution in [1.82, 2.24) is 5.32 Å². The zero-order chi connectivity index (χ0) is 11.9. The average Bonchev–Trinajstić information content (AvgIpc) is 2.09. The Kier molecular flexibility index (Phi) is 7.20. The molecule has 0 heterocycles. The van der Waals surface area contributed by atoms with Gasteiger partial charge in [-0.3, -0.25) is 0 Å². The SMILES string of the molecule is CCCC(CC)NCC(O)CC(C)(C)C. The van der Waals surface area contributed by atoms with E-state index < -0.39 is 0 Å². The highest BCUT2D eigenvalue weighted by Gasteiger charge is 2.17. The summed E-state index contributed by atoms with van der Waals surface area (Å²) in [6.45, 7) is 11.6. The summed E-state index contributed by atoms with van der Waals surface area (Å²) in [4.78, 5) is 0. The summed E-state index contributed by atoms with van der Waals surface area (Å²) in [5, 5.41) is 13.3. The van der Waals surface area contributed by atoms with E-state index in [-0.39, 0.29) is 11.5 Å². The van der Waals surface area contributed by atoms with Crippen LogP contribution in [0.25, 0.3) is 0 Å². The third-order valence-electron chi connectivity index (χ3n) is 2.62. The molecule has 2 heteroatoms. The summed E-state index contributed by atoms with van der Waals surface area (Å²) < 4.78 is 0. The fraction of sp³-hybridized carbons (Fsp3) is 1.00. The van der Waals surface area contributed by atoms with Crippen molar-refractivity contribution in [2.75, 3.05) is 6.54 Å². The van der Waals surface area contributed by atoms with Crippen molar-refractivity contribution < 1.29 is 5.11 Å². The van der Waals surface area contributed by atoms with Gasteiger partial charge < -0.3 is 10.4 Å². The number of rotatable bonds is 7. The maximum Gasteiger partial charge on any atom is 0.0669 e. The molecule has 0 aromatic rings. The van der Waals surface area contributed by atoms with E-state index in [1.165, 1.54) is 12.8 Å². The molecule has 0 saturated heterocycles. The van der Waals surface area contributed by atoms with Crippen molar-refractivity contribution >= 4 is 0 Å². The Morgan fingerprint density at radius 3 is 2.20 bits per heavy atom. The lowest BCUT2D eigenvalue weighted by Gasteiger charge is -2.24. The molecule has 92 valence electrons. The van der Waals surface area contributed by atoms with E-state index in [0.717, 1.165) is 19.4 Å². The molecule has 0 fully saturated rings. The average molecular weight is 215 g/mol. The molecule has 0 amide bonds. The topological polar surface area (TPSA) is 32.3 Å². The molecular formula is C13H29NO. The Morgan fingerprint density at radius 2 is 1.80 bits per heavy atom. The Morgan fingerprint density at radius 1 is 1.20 bits per heavy atom. The molecule has 15 heavy (non-hydrogen) atoms. The summed E-state index contributed by atoms with van der Waals surface area (Å²) in [7, 11) is 0. The molecule has 0 aromatic heterocycles. The van der Waals surface area contributed by atoms with E-state index in [4.69, 9.17) is 0 Å². The lowest BCUT2D eigenvalue weighted by Crippen LogP contribution is -2.36. The summed E-state index contributed by atoms with van der Waals surface area (Å²) in [5.41, 5.74) is 0.216. The first-order valence-electron chi connectivity index (χ1n) is 6.30. The van der Waals surface area contributed by atoms with Crippen LogP contribution in [0.3, 0.4) is 0 Å². The smallest absolute Gasteiger partial charge is 0.0669 e. The van der Waals surface area contributed by atoms with Crippen LogP contribution < -0.4 is 5.32 Å². The number of hydrogen-bond donors (Lipinski definition) is 2. The van der Waals surface area contributed by atoms with Gasteiger partial charge in [-0.1, -0.05) is 41.0 Å². The molecule has 2 nitrogen and oxygen atoms in total. The third kappa shape index (κ3) is 8.88. The van der Waals surface area contributed by atoms with E-state index in [1.54, 1.807) is 0 Å². The zero-order valence-corrected chi connectivity index (χ0v) is 11.1. The van der Waals surface area contributed by atoms with E-state index in [1.807, 2.05) is 0 Å². The van der Waals surface area contributed by atoms with Crippen LogP contribution in [0.4, 0.5) is 0 Å². The fourth-order valence-electron chi connectivity index (χ4n) is 1.88. The van der Waals surface area contributed by atoms with Gasteiger partial charge in [-0.25, -0.2) is 0 Å². The van der Waals surface area contributed by atoms with Crippen LogP contribution in [0.2, 0.25) is 0 Å². The van der Waals surface area contributed by atoms with Crippen LogP contribution in [0.5, 0.6) is 0 Å². The molecule has 0 aliphatic heterocycles. The maximum absolute atomic E-state index is 9.83. The standard InChI is InChI=1S/C13H29NO/c1-6-8-11(7-2)14-10-12(15)9-13(3,4)5/h11-12,14-15H,6-10H2,1-5H3.